The normalized spacial score (nSPS) is 10.6. The summed E-state index contributed by atoms with van der Waals surface area (Å²) in [4.78, 5) is 8.59. The van der Waals surface area contributed by atoms with Crippen LogP contribution in [-0.4, -0.2) is 24.5 Å². The van der Waals surface area contributed by atoms with Crippen LogP contribution in [0, 0.1) is 11.5 Å². The predicted octanol–water partition coefficient (Wildman–Crippen LogP) is 2.20. The molecule has 3 N–H and O–H groups in total. The van der Waals surface area contributed by atoms with Gasteiger partial charge in [0.15, 0.2) is 6.19 Å². The van der Waals surface area contributed by atoms with Crippen molar-refractivity contribution in [2.24, 2.45) is 4.99 Å². The van der Waals surface area contributed by atoms with Crippen LogP contribution in [0.15, 0.2) is 53.7 Å². The van der Waals surface area contributed by atoms with Crippen molar-refractivity contribution in [3.63, 3.8) is 0 Å². The van der Waals surface area contributed by atoms with Crippen LogP contribution in [0.1, 0.15) is 5.56 Å². The highest BCUT2D eigenvalue weighted by molar-refractivity contribution is 5.96. The highest BCUT2D eigenvalue weighted by Crippen LogP contribution is 2.16. The lowest BCUT2D eigenvalue weighted by atomic mass is 10.2. The maximum Gasteiger partial charge on any atom is 0.209 e. The van der Waals surface area contributed by atoms with Gasteiger partial charge in [0.25, 0.3) is 0 Å². The van der Waals surface area contributed by atoms with E-state index in [1.54, 1.807) is 13.2 Å². The Balaban J connectivity index is 2.03. The molecule has 0 amide bonds. The van der Waals surface area contributed by atoms with E-state index in [0.29, 0.717) is 18.3 Å². The van der Waals surface area contributed by atoms with Crippen LogP contribution in [0.3, 0.4) is 0 Å². The van der Waals surface area contributed by atoms with Gasteiger partial charge in [-0.15, -0.1) is 0 Å². The molecule has 0 fully saturated rings. The van der Waals surface area contributed by atoms with E-state index in [4.69, 9.17) is 5.26 Å². The summed E-state index contributed by atoms with van der Waals surface area (Å²) in [5, 5.41) is 17.5. The standard InChI is InChI=1S/C16H18N6/c1-18-15-14(8-5-10-19-15)22-16(21-12-17)20-11-9-13-6-3-2-4-7-13/h2-8,10H,9,11H2,1H3,(H,18,19)(H2,20,21,22). The SMILES string of the molecule is CNc1ncccc1NC(=NCCc1ccccc1)NC#N. The molecule has 0 saturated heterocycles. The third-order valence-corrected chi connectivity index (χ3v) is 2.99. The van der Waals surface area contributed by atoms with Crippen LogP contribution in [0.2, 0.25) is 0 Å². The maximum atomic E-state index is 8.84. The molecule has 2 aromatic rings. The van der Waals surface area contributed by atoms with Gasteiger partial charge >= 0.3 is 0 Å². The molecule has 0 unspecified atom stereocenters. The Morgan fingerprint density at radius 1 is 1.23 bits per heavy atom. The molecule has 0 aliphatic carbocycles. The number of nitrogens with one attached hydrogen (secondary N) is 3. The van der Waals surface area contributed by atoms with Crippen molar-refractivity contribution in [1.82, 2.24) is 10.3 Å². The third kappa shape index (κ3) is 4.49. The Bertz CT molecular complexity index is 660. The van der Waals surface area contributed by atoms with Crippen LogP contribution in [-0.2, 0) is 6.42 Å². The number of hydrogen-bond acceptors (Lipinski definition) is 4. The average molecular weight is 294 g/mol. The van der Waals surface area contributed by atoms with E-state index >= 15 is 0 Å². The van der Waals surface area contributed by atoms with E-state index in [-0.39, 0.29) is 0 Å². The number of pyridine rings is 1. The van der Waals surface area contributed by atoms with Crippen LogP contribution in [0.4, 0.5) is 11.5 Å². The number of guanidine groups is 1. The number of anilines is 2. The number of aromatic nitrogens is 1. The Labute approximate surface area is 129 Å². The van der Waals surface area contributed by atoms with Gasteiger partial charge < -0.3 is 10.6 Å². The molecule has 0 saturated carbocycles. The molecule has 1 aromatic carbocycles. The smallest absolute Gasteiger partial charge is 0.209 e. The van der Waals surface area contributed by atoms with Crippen molar-refractivity contribution in [3.8, 4) is 6.19 Å². The van der Waals surface area contributed by atoms with Crippen molar-refractivity contribution in [2.75, 3.05) is 24.2 Å². The minimum Gasteiger partial charge on any atom is -0.371 e. The van der Waals surface area contributed by atoms with Crippen LogP contribution >= 0.6 is 0 Å². The molecular formula is C16H18N6. The van der Waals surface area contributed by atoms with E-state index in [9.17, 15) is 0 Å². The molecular weight excluding hydrogens is 276 g/mol. The first-order valence-corrected chi connectivity index (χ1v) is 6.96. The molecule has 6 nitrogen and oxygen atoms in total. The molecule has 0 bridgehead atoms. The monoisotopic (exact) mass is 294 g/mol. The van der Waals surface area contributed by atoms with Gasteiger partial charge in [0, 0.05) is 19.8 Å². The van der Waals surface area contributed by atoms with Crippen molar-refractivity contribution < 1.29 is 0 Å². The fourth-order valence-electron chi connectivity index (χ4n) is 1.94. The Kier molecular flexibility index (Phi) is 5.76. The van der Waals surface area contributed by atoms with E-state index in [0.717, 1.165) is 12.1 Å². The zero-order valence-electron chi connectivity index (χ0n) is 12.4. The van der Waals surface area contributed by atoms with Gasteiger partial charge in [-0.1, -0.05) is 30.3 Å². The lowest BCUT2D eigenvalue weighted by Crippen LogP contribution is -2.27. The van der Waals surface area contributed by atoms with Crippen LogP contribution < -0.4 is 16.0 Å². The van der Waals surface area contributed by atoms with Crippen molar-refractivity contribution in [3.05, 3.63) is 54.2 Å². The third-order valence-electron chi connectivity index (χ3n) is 2.99. The Morgan fingerprint density at radius 3 is 2.77 bits per heavy atom. The number of nitrogens with zero attached hydrogens (tertiary/aromatic N) is 3. The second-order valence-electron chi connectivity index (χ2n) is 4.48. The Morgan fingerprint density at radius 2 is 2.05 bits per heavy atom. The zero-order valence-corrected chi connectivity index (χ0v) is 12.4. The van der Waals surface area contributed by atoms with Crippen molar-refractivity contribution in [1.29, 1.82) is 5.26 Å². The Hall–Kier alpha value is -3.07. The summed E-state index contributed by atoms with van der Waals surface area (Å²) in [6.45, 7) is 0.580. The van der Waals surface area contributed by atoms with E-state index in [1.807, 2.05) is 36.5 Å². The van der Waals surface area contributed by atoms with Gasteiger partial charge in [-0.25, -0.2) is 4.98 Å². The first kappa shape index (κ1) is 15.3. The quantitative estimate of drug-likeness (QED) is 0.341. The number of aliphatic imine (C=N–C) groups is 1. The number of benzene rings is 1. The van der Waals surface area contributed by atoms with Crippen LogP contribution in [0.25, 0.3) is 0 Å². The molecule has 0 aliphatic rings. The number of hydrogen-bond donors (Lipinski definition) is 3. The van der Waals surface area contributed by atoms with Crippen molar-refractivity contribution in [2.45, 2.75) is 6.42 Å². The van der Waals surface area contributed by atoms with Gasteiger partial charge in [-0.3, -0.25) is 10.3 Å². The lowest BCUT2D eigenvalue weighted by molar-refractivity contribution is 0.957. The lowest BCUT2D eigenvalue weighted by Gasteiger charge is -2.11. The molecule has 0 radical (unpaired) electrons. The molecule has 1 aromatic heterocycles. The highest BCUT2D eigenvalue weighted by Gasteiger charge is 2.04. The highest BCUT2D eigenvalue weighted by atomic mass is 15.2. The molecule has 1 heterocycles. The summed E-state index contributed by atoms with van der Waals surface area (Å²) in [5.74, 6) is 1.10. The molecule has 0 aliphatic heterocycles. The molecule has 112 valence electrons. The molecule has 22 heavy (non-hydrogen) atoms. The van der Waals surface area contributed by atoms with Crippen molar-refractivity contribution >= 4 is 17.5 Å². The number of nitriles is 1. The summed E-state index contributed by atoms with van der Waals surface area (Å²) in [6.07, 6.45) is 4.40. The van der Waals surface area contributed by atoms with Crippen LogP contribution in [0.5, 0.6) is 0 Å². The molecule has 6 heteroatoms. The van der Waals surface area contributed by atoms with E-state index in [1.165, 1.54) is 5.56 Å². The average Bonchev–Trinajstić information content (AvgIpc) is 2.56. The fraction of sp³-hybridized carbons (Fsp3) is 0.188. The van der Waals surface area contributed by atoms with E-state index in [2.05, 4.69) is 38.1 Å². The largest absolute Gasteiger partial charge is 0.371 e. The zero-order chi connectivity index (χ0) is 15.6. The first-order chi connectivity index (χ1) is 10.8. The minimum atomic E-state index is 0.405. The molecule has 0 spiro atoms. The minimum absolute atomic E-state index is 0.405. The number of rotatable bonds is 5. The van der Waals surface area contributed by atoms with Gasteiger partial charge in [-0.2, -0.15) is 5.26 Å². The molecule has 2 rings (SSSR count). The first-order valence-electron chi connectivity index (χ1n) is 6.96. The summed E-state index contributed by atoms with van der Waals surface area (Å²) in [7, 11) is 1.79. The second kappa shape index (κ2) is 8.27. The summed E-state index contributed by atoms with van der Waals surface area (Å²) < 4.78 is 0. The van der Waals surface area contributed by atoms with Gasteiger partial charge in [-0.05, 0) is 24.1 Å². The summed E-state index contributed by atoms with van der Waals surface area (Å²) in [5.41, 5.74) is 1.96. The van der Waals surface area contributed by atoms with E-state index < -0.39 is 0 Å². The summed E-state index contributed by atoms with van der Waals surface area (Å²) >= 11 is 0. The van der Waals surface area contributed by atoms with Gasteiger partial charge in [0.1, 0.15) is 5.82 Å². The molecule has 0 atom stereocenters. The fourth-order valence-corrected chi connectivity index (χ4v) is 1.94. The summed E-state index contributed by atoms with van der Waals surface area (Å²) in [6, 6.07) is 13.8. The maximum absolute atomic E-state index is 8.84. The second-order valence-corrected chi connectivity index (χ2v) is 4.48. The van der Waals surface area contributed by atoms with Gasteiger partial charge in [0.05, 0.1) is 5.69 Å². The van der Waals surface area contributed by atoms with Gasteiger partial charge in [0.2, 0.25) is 5.96 Å². The predicted molar refractivity (Wildman–Crippen MR) is 88.6 cm³/mol. The topological polar surface area (TPSA) is 85.1 Å².